The van der Waals surface area contributed by atoms with Crippen molar-refractivity contribution in [3.8, 4) is 16.9 Å². The van der Waals surface area contributed by atoms with Crippen molar-refractivity contribution in [3.05, 3.63) is 59.5 Å². The molecule has 0 radical (unpaired) electrons. The summed E-state index contributed by atoms with van der Waals surface area (Å²) in [4.78, 5) is 0. The Bertz CT molecular complexity index is 848. The summed E-state index contributed by atoms with van der Waals surface area (Å²) < 4.78 is 6.16. The van der Waals surface area contributed by atoms with Crippen LogP contribution in [0.1, 0.15) is 12.8 Å². The molecule has 0 unspecified atom stereocenters. The third kappa shape index (κ3) is 1.87. The third-order valence-electron chi connectivity index (χ3n) is 4.07. The highest BCUT2D eigenvalue weighted by atomic mass is 16.5. The summed E-state index contributed by atoms with van der Waals surface area (Å²) in [5, 5.41) is 5.96. The highest BCUT2D eigenvalue weighted by Crippen LogP contribution is 2.33. The summed E-state index contributed by atoms with van der Waals surface area (Å²) in [6.07, 6.45) is 6.01. The second-order valence-electron chi connectivity index (χ2n) is 5.38. The van der Waals surface area contributed by atoms with Gasteiger partial charge in [0.1, 0.15) is 11.5 Å². The second kappa shape index (κ2) is 4.81. The van der Waals surface area contributed by atoms with Gasteiger partial charge in [-0.3, -0.25) is 0 Å². The van der Waals surface area contributed by atoms with Crippen molar-refractivity contribution in [3.63, 3.8) is 0 Å². The molecule has 0 fully saturated rings. The molecule has 0 aromatic heterocycles. The van der Waals surface area contributed by atoms with Gasteiger partial charge in [-0.05, 0) is 24.1 Å². The highest BCUT2D eigenvalue weighted by molar-refractivity contribution is 5.79. The Labute approximate surface area is 124 Å². The molecular formula is C19H17NO. The van der Waals surface area contributed by atoms with E-state index in [1.54, 1.807) is 0 Å². The molecule has 1 N–H and O–H groups in total. The Morgan fingerprint density at radius 1 is 1.14 bits per heavy atom. The number of hydrogen-bond acceptors (Lipinski definition) is 2. The van der Waals surface area contributed by atoms with Crippen molar-refractivity contribution in [1.82, 2.24) is 0 Å². The van der Waals surface area contributed by atoms with E-state index in [1.807, 2.05) is 18.2 Å². The quantitative estimate of drug-likeness (QED) is 0.851. The Morgan fingerprint density at radius 3 is 2.95 bits per heavy atom. The first kappa shape index (κ1) is 12.3. The molecule has 0 saturated heterocycles. The Balaban J connectivity index is 2.13. The van der Waals surface area contributed by atoms with Crippen LogP contribution in [0.15, 0.2) is 49.1 Å². The molecule has 2 aromatic rings. The molecule has 21 heavy (non-hydrogen) atoms. The maximum Gasteiger partial charge on any atom is 0.134 e. The van der Waals surface area contributed by atoms with E-state index in [2.05, 4.69) is 42.2 Å². The molecule has 2 aliphatic rings. The standard InChI is InChI=1S/C19H17NO/c1-2-6-18-19-14(13-7-3-4-9-17(13)21-18)10-11-16-15(19)8-5-12-20-16/h2-4,7-11,20H,1,5-6,12H2. The van der Waals surface area contributed by atoms with Gasteiger partial charge in [-0.15, -0.1) is 6.58 Å². The first-order valence-electron chi connectivity index (χ1n) is 7.37. The zero-order chi connectivity index (χ0) is 14.2. The smallest absolute Gasteiger partial charge is 0.134 e. The van der Waals surface area contributed by atoms with E-state index in [4.69, 9.17) is 4.74 Å². The Kier molecular flexibility index (Phi) is 2.81. The third-order valence-corrected chi connectivity index (χ3v) is 4.07. The number of hydrogen-bond donors (Lipinski definition) is 1. The molecular weight excluding hydrogens is 258 g/mol. The molecule has 0 atom stereocenters. The fourth-order valence-corrected chi connectivity index (χ4v) is 3.17. The van der Waals surface area contributed by atoms with Gasteiger partial charge in [-0.1, -0.05) is 36.4 Å². The predicted octanol–water partition coefficient (Wildman–Crippen LogP) is 3.03. The minimum absolute atomic E-state index is 0.742. The molecule has 2 heterocycles. The first-order valence-corrected chi connectivity index (χ1v) is 7.37. The maximum absolute atomic E-state index is 6.16. The van der Waals surface area contributed by atoms with E-state index in [0.29, 0.717) is 0 Å². The van der Waals surface area contributed by atoms with Crippen LogP contribution in [0.25, 0.3) is 23.0 Å². The minimum atomic E-state index is 0.742. The van der Waals surface area contributed by atoms with Crippen LogP contribution in [0.5, 0.6) is 5.75 Å². The van der Waals surface area contributed by atoms with E-state index < -0.39 is 0 Å². The average Bonchev–Trinajstić information content (AvgIpc) is 2.54. The topological polar surface area (TPSA) is 21.3 Å². The van der Waals surface area contributed by atoms with Gasteiger partial charge in [0.25, 0.3) is 0 Å². The molecule has 104 valence electrons. The minimum Gasteiger partial charge on any atom is -0.460 e. The number of ether oxygens (including phenoxy) is 1. The number of rotatable bonds is 2. The van der Waals surface area contributed by atoms with Gasteiger partial charge in [0.15, 0.2) is 0 Å². The van der Waals surface area contributed by atoms with Crippen molar-refractivity contribution >= 4 is 17.5 Å². The molecule has 0 amide bonds. The van der Waals surface area contributed by atoms with Crippen LogP contribution < -0.4 is 20.5 Å². The number of nitrogens with one attached hydrogen (secondary N) is 1. The van der Waals surface area contributed by atoms with Crippen molar-refractivity contribution in [2.75, 3.05) is 11.9 Å². The predicted molar refractivity (Wildman–Crippen MR) is 87.5 cm³/mol. The van der Waals surface area contributed by atoms with E-state index in [9.17, 15) is 0 Å². The van der Waals surface area contributed by atoms with Crippen molar-refractivity contribution in [2.45, 2.75) is 12.8 Å². The molecule has 0 spiro atoms. The zero-order valence-corrected chi connectivity index (χ0v) is 11.9. The summed E-state index contributed by atoms with van der Waals surface area (Å²) in [6, 6.07) is 12.6. The summed E-state index contributed by atoms with van der Waals surface area (Å²) in [5.41, 5.74) is 3.62. The van der Waals surface area contributed by atoms with Crippen molar-refractivity contribution in [2.24, 2.45) is 0 Å². The van der Waals surface area contributed by atoms with E-state index >= 15 is 0 Å². The summed E-state index contributed by atoms with van der Waals surface area (Å²) in [7, 11) is 0. The number of benzene rings is 2. The van der Waals surface area contributed by atoms with Crippen LogP contribution in [-0.4, -0.2) is 6.54 Å². The van der Waals surface area contributed by atoms with Gasteiger partial charge in [0.2, 0.25) is 0 Å². The molecule has 2 aliphatic heterocycles. The fraction of sp³-hybridized carbons (Fsp3) is 0.158. The van der Waals surface area contributed by atoms with E-state index in [0.717, 1.165) is 30.9 Å². The summed E-state index contributed by atoms with van der Waals surface area (Å²) in [6.45, 7) is 4.87. The number of para-hydroxylation sites is 1. The second-order valence-corrected chi connectivity index (χ2v) is 5.38. The zero-order valence-electron chi connectivity index (χ0n) is 11.9. The lowest BCUT2D eigenvalue weighted by atomic mass is 9.95. The maximum atomic E-state index is 6.16. The molecule has 2 nitrogen and oxygen atoms in total. The fourth-order valence-electron chi connectivity index (χ4n) is 3.17. The van der Waals surface area contributed by atoms with Crippen molar-refractivity contribution < 1.29 is 4.74 Å². The molecule has 2 aromatic carbocycles. The SMILES string of the molecule is C=CCC1=c2c(ccc3c2=CCCN3)-c2ccccc2O1. The Hall–Kier alpha value is -2.48. The monoisotopic (exact) mass is 275 g/mol. The largest absolute Gasteiger partial charge is 0.460 e. The van der Waals surface area contributed by atoms with Crippen molar-refractivity contribution in [1.29, 1.82) is 0 Å². The van der Waals surface area contributed by atoms with Crippen LogP contribution in [0.2, 0.25) is 0 Å². The summed E-state index contributed by atoms with van der Waals surface area (Å²) in [5.74, 6) is 1.93. The number of fused-ring (bicyclic) bond motifs is 5. The van der Waals surface area contributed by atoms with Gasteiger partial charge >= 0.3 is 0 Å². The van der Waals surface area contributed by atoms with Gasteiger partial charge in [-0.25, -0.2) is 0 Å². The van der Waals surface area contributed by atoms with Crippen LogP contribution in [0.4, 0.5) is 5.69 Å². The van der Waals surface area contributed by atoms with Gasteiger partial charge in [0.05, 0.1) is 0 Å². The molecule has 0 aliphatic carbocycles. The lowest BCUT2D eigenvalue weighted by molar-refractivity contribution is 0.491. The molecule has 0 saturated carbocycles. The van der Waals surface area contributed by atoms with Crippen LogP contribution in [0.3, 0.4) is 0 Å². The van der Waals surface area contributed by atoms with Gasteiger partial charge in [-0.2, -0.15) is 0 Å². The molecule has 2 heteroatoms. The Morgan fingerprint density at radius 2 is 2.05 bits per heavy atom. The van der Waals surface area contributed by atoms with Gasteiger partial charge < -0.3 is 10.1 Å². The highest BCUT2D eigenvalue weighted by Gasteiger charge is 2.19. The number of anilines is 1. The van der Waals surface area contributed by atoms with Crippen LogP contribution in [0, 0.1) is 0 Å². The normalized spacial score (nSPS) is 14.8. The van der Waals surface area contributed by atoms with Crippen LogP contribution in [-0.2, 0) is 0 Å². The lowest BCUT2D eigenvalue weighted by Crippen LogP contribution is -2.37. The van der Waals surface area contributed by atoms with Gasteiger partial charge in [0, 0.05) is 34.7 Å². The lowest BCUT2D eigenvalue weighted by Gasteiger charge is -2.22. The van der Waals surface area contributed by atoms with Crippen LogP contribution >= 0.6 is 0 Å². The average molecular weight is 275 g/mol. The first-order chi connectivity index (χ1) is 10.4. The van der Waals surface area contributed by atoms with E-state index in [1.165, 1.54) is 27.3 Å². The molecule has 4 rings (SSSR count). The summed E-state index contributed by atoms with van der Waals surface area (Å²) >= 11 is 0. The molecule has 0 bridgehead atoms. The van der Waals surface area contributed by atoms with E-state index in [-0.39, 0.29) is 0 Å².